The van der Waals surface area contributed by atoms with Crippen molar-refractivity contribution in [2.75, 3.05) is 6.54 Å². The van der Waals surface area contributed by atoms with Crippen molar-refractivity contribution in [1.82, 2.24) is 10.3 Å². The van der Waals surface area contributed by atoms with Gasteiger partial charge in [0.1, 0.15) is 5.02 Å². The summed E-state index contributed by atoms with van der Waals surface area (Å²) in [5.41, 5.74) is -0.962. The lowest BCUT2D eigenvalue weighted by Crippen LogP contribution is -2.28. The lowest BCUT2D eigenvalue weighted by atomic mass is 10.3. The van der Waals surface area contributed by atoms with Gasteiger partial charge in [-0.15, -0.1) is 0 Å². The summed E-state index contributed by atoms with van der Waals surface area (Å²) in [6.45, 7) is 0.460. The van der Waals surface area contributed by atoms with Crippen LogP contribution in [0.5, 0.6) is 5.88 Å². The number of ether oxygens (including phenoxy) is 1. The molecule has 1 aliphatic rings. The van der Waals surface area contributed by atoms with E-state index in [2.05, 4.69) is 10.3 Å². The molecule has 1 saturated heterocycles. The molecule has 2 rings (SSSR count). The summed E-state index contributed by atoms with van der Waals surface area (Å²) in [6.07, 6.45) is -4.22. The zero-order valence-electron chi connectivity index (χ0n) is 8.92. The van der Waals surface area contributed by atoms with Crippen molar-refractivity contribution in [3.63, 3.8) is 0 Å². The Morgan fingerprint density at radius 1 is 1.50 bits per heavy atom. The number of rotatable bonds is 2. The summed E-state index contributed by atoms with van der Waals surface area (Å²) in [6, 6.07) is 0.719. The quantitative estimate of drug-likeness (QED) is 0.902. The van der Waals surface area contributed by atoms with Crippen LogP contribution in [0.25, 0.3) is 0 Å². The molecular formula is C10H8ClF3N2O2. The minimum Gasteiger partial charge on any atom is -0.463 e. The summed E-state index contributed by atoms with van der Waals surface area (Å²) in [4.78, 5) is 14.7. The molecule has 1 unspecified atom stereocenters. The van der Waals surface area contributed by atoms with Crippen molar-refractivity contribution in [2.24, 2.45) is 0 Å². The first kappa shape index (κ1) is 12.9. The second kappa shape index (κ2) is 4.64. The molecule has 0 aromatic carbocycles. The van der Waals surface area contributed by atoms with Gasteiger partial charge in [0.15, 0.2) is 6.10 Å². The smallest absolute Gasteiger partial charge is 0.417 e. The Hall–Kier alpha value is -1.50. The van der Waals surface area contributed by atoms with Crippen LogP contribution in [0.1, 0.15) is 12.0 Å². The molecule has 0 radical (unpaired) electrons. The van der Waals surface area contributed by atoms with Gasteiger partial charge in [0, 0.05) is 19.2 Å². The molecule has 1 aromatic heterocycles. The van der Waals surface area contributed by atoms with E-state index in [1.54, 1.807) is 0 Å². The third-order valence-corrected chi connectivity index (χ3v) is 2.66. The van der Waals surface area contributed by atoms with Crippen LogP contribution in [-0.2, 0) is 11.0 Å². The number of nitrogens with zero attached hydrogens (tertiary/aromatic N) is 1. The fraction of sp³-hybridized carbons (Fsp3) is 0.400. The van der Waals surface area contributed by atoms with E-state index in [9.17, 15) is 18.0 Å². The summed E-state index contributed by atoms with van der Waals surface area (Å²) in [5.74, 6) is -0.500. The standard InChI is InChI=1S/C10H8ClF3N2O2/c11-6-3-5(10(12,13)14)4-16-9(6)18-7-1-2-15-8(7)17/h3-4,7H,1-2H2,(H,15,17). The number of nitrogens with one attached hydrogen (secondary N) is 1. The van der Waals surface area contributed by atoms with Crippen LogP contribution >= 0.6 is 11.6 Å². The number of carbonyl (C=O) groups is 1. The molecule has 1 aliphatic heterocycles. The summed E-state index contributed by atoms with van der Waals surface area (Å²) < 4.78 is 42.3. The topological polar surface area (TPSA) is 51.2 Å². The first-order valence-electron chi connectivity index (χ1n) is 5.05. The van der Waals surface area contributed by atoms with Gasteiger partial charge >= 0.3 is 6.18 Å². The molecule has 1 amide bonds. The third kappa shape index (κ3) is 2.66. The van der Waals surface area contributed by atoms with Crippen molar-refractivity contribution in [3.8, 4) is 5.88 Å². The highest BCUT2D eigenvalue weighted by Crippen LogP contribution is 2.33. The molecule has 1 atom stereocenters. The zero-order chi connectivity index (χ0) is 13.3. The maximum Gasteiger partial charge on any atom is 0.417 e. The molecule has 0 saturated carbocycles. The SMILES string of the molecule is O=C1NCCC1Oc1ncc(C(F)(F)F)cc1Cl. The van der Waals surface area contributed by atoms with Gasteiger partial charge in [-0.25, -0.2) is 4.98 Å². The largest absolute Gasteiger partial charge is 0.463 e. The predicted octanol–water partition coefficient (Wildman–Crippen LogP) is 2.02. The molecule has 0 spiro atoms. The molecule has 1 aromatic rings. The molecular weight excluding hydrogens is 273 g/mol. The van der Waals surface area contributed by atoms with Gasteiger partial charge in [-0.05, 0) is 6.07 Å². The fourth-order valence-electron chi connectivity index (χ4n) is 1.49. The lowest BCUT2D eigenvalue weighted by molar-refractivity contribution is -0.138. The van der Waals surface area contributed by atoms with Crippen molar-refractivity contribution < 1.29 is 22.7 Å². The Morgan fingerprint density at radius 2 is 2.22 bits per heavy atom. The first-order chi connectivity index (χ1) is 8.38. The van der Waals surface area contributed by atoms with Crippen LogP contribution in [0, 0.1) is 0 Å². The van der Waals surface area contributed by atoms with Crippen LogP contribution in [-0.4, -0.2) is 23.5 Å². The van der Waals surface area contributed by atoms with Crippen molar-refractivity contribution in [3.05, 3.63) is 22.8 Å². The van der Waals surface area contributed by atoms with E-state index in [1.165, 1.54) is 0 Å². The second-order valence-corrected chi connectivity index (χ2v) is 4.10. The van der Waals surface area contributed by atoms with E-state index in [0.717, 1.165) is 6.07 Å². The van der Waals surface area contributed by atoms with E-state index in [1.807, 2.05) is 0 Å². The molecule has 0 bridgehead atoms. The second-order valence-electron chi connectivity index (χ2n) is 3.69. The van der Waals surface area contributed by atoms with Gasteiger partial charge in [-0.1, -0.05) is 11.6 Å². The van der Waals surface area contributed by atoms with Crippen LogP contribution in [0.4, 0.5) is 13.2 Å². The molecule has 98 valence electrons. The van der Waals surface area contributed by atoms with Gasteiger partial charge in [-0.3, -0.25) is 4.79 Å². The Bertz CT molecular complexity index is 479. The Labute approximate surface area is 105 Å². The summed E-state index contributed by atoms with van der Waals surface area (Å²) in [7, 11) is 0. The number of aromatic nitrogens is 1. The van der Waals surface area contributed by atoms with Gasteiger partial charge in [0.05, 0.1) is 5.56 Å². The summed E-state index contributed by atoms with van der Waals surface area (Å²) in [5, 5.41) is 2.26. The zero-order valence-corrected chi connectivity index (χ0v) is 9.68. The van der Waals surface area contributed by atoms with E-state index in [0.29, 0.717) is 19.2 Å². The number of pyridine rings is 1. The Morgan fingerprint density at radius 3 is 2.72 bits per heavy atom. The minimum absolute atomic E-state index is 0.174. The average Bonchev–Trinajstić information content (AvgIpc) is 2.66. The highest BCUT2D eigenvalue weighted by atomic mass is 35.5. The number of alkyl halides is 3. The fourth-order valence-corrected chi connectivity index (χ4v) is 1.70. The van der Waals surface area contributed by atoms with Gasteiger partial charge in [0.25, 0.3) is 5.91 Å². The number of hydrogen-bond acceptors (Lipinski definition) is 3. The van der Waals surface area contributed by atoms with Gasteiger partial charge < -0.3 is 10.1 Å². The van der Waals surface area contributed by atoms with Crippen LogP contribution in [0.15, 0.2) is 12.3 Å². The molecule has 18 heavy (non-hydrogen) atoms. The lowest BCUT2D eigenvalue weighted by Gasteiger charge is -2.12. The first-order valence-corrected chi connectivity index (χ1v) is 5.43. The highest BCUT2D eigenvalue weighted by molar-refractivity contribution is 6.31. The molecule has 8 heteroatoms. The minimum atomic E-state index is -4.51. The molecule has 4 nitrogen and oxygen atoms in total. The monoisotopic (exact) mass is 280 g/mol. The van der Waals surface area contributed by atoms with E-state index in [4.69, 9.17) is 16.3 Å². The normalized spacial score (nSPS) is 19.8. The Kier molecular flexibility index (Phi) is 3.34. The van der Waals surface area contributed by atoms with Gasteiger partial charge in [-0.2, -0.15) is 13.2 Å². The van der Waals surface area contributed by atoms with Crippen LogP contribution in [0.3, 0.4) is 0 Å². The number of hydrogen-bond donors (Lipinski definition) is 1. The maximum atomic E-state index is 12.4. The molecule has 2 heterocycles. The number of halogens is 4. The number of carbonyl (C=O) groups excluding carboxylic acids is 1. The van der Waals surface area contributed by atoms with Crippen molar-refractivity contribution in [2.45, 2.75) is 18.7 Å². The van der Waals surface area contributed by atoms with Crippen molar-refractivity contribution >= 4 is 17.5 Å². The van der Waals surface area contributed by atoms with E-state index < -0.39 is 17.8 Å². The average molecular weight is 281 g/mol. The van der Waals surface area contributed by atoms with E-state index in [-0.39, 0.29) is 16.8 Å². The Balaban J connectivity index is 2.17. The van der Waals surface area contributed by atoms with Gasteiger partial charge in [0.2, 0.25) is 5.88 Å². The molecule has 1 fully saturated rings. The van der Waals surface area contributed by atoms with E-state index >= 15 is 0 Å². The predicted molar refractivity (Wildman–Crippen MR) is 56.3 cm³/mol. The maximum absolute atomic E-state index is 12.4. The van der Waals surface area contributed by atoms with Crippen LogP contribution in [0.2, 0.25) is 5.02 Å². The third-order valence-electron chi connectivity index (χ3n) is 2.39. The number of amides is 1. The molecule has 1 N–H and O–H groups in total. The van der Waals surface area contributed by atoms with Crippen LogP contribution < -0.4 is 10.1 Å². The van der Waals surface area contributed by atoms with Crippen molar-refractivity contribution in [1.29, 1.82) is 0 Å². The highest BCUT2D eigenvalue weighted by Gasteiger charge is 2.32. The summed E-state index contributed by atoms with van der Waals surface area (Å²) >= 11 is 5.64. The molecule has 0 aliphatic carbocycles.